The molecule has 0 saturated carbocycles. The Morgan fingerprint density at radius 2 is 2.32 bits per heavy atom. The van der Waals surface area contributed by atoms with Gasteiger partial charge in [-0.3, -0.25) is 4.79 Å². The lowest BCUT2D eigenvalue weighted by molar-refractivity contribution is 0.0954. The Kier molecular flexibility index (Phi) is 3.39. The smallest absolute Gasteiger partial charge is 0.261 e. The van der Waals surface area contributed by atoms with Crippen LogP contribution in [0.1, 0.15) is 15.4 Å². The summed E-state index contributed by atoms with van der Waals surface area (Å²) in [5, 5.41) is 16.7. The Morgan fingerprint density at radius 3 is 3.05 bits per heavy atom. The van der Waals surface area contributed by atoms with Gasteiger partial charge in [-0.25, -0.2) is 4.68 Å². The van der Waals surface area contributed by atoms with E-state index >= 15 is 0 Å². The number of carbonyl (C=O) groups excluding carboxylic acids is 1. The summed E-state index contributed by atoms with van der Waals surface area (Å²) in [6.07, 6.45) is 1.82. The van der Waals surface area contributed by atoms with Gasteiger partial charge >= 0.3 is 0 Å². The van der Waals surface area contributed by atoms with Crippen LogP contribution in [-0.4, -0.2) is 20.9 Å². The monoisotopic (exact) mass is 290 g/mol. The molecular formula is C12H10N4OS2. The van der Waals surface area contributed by atoms with Gasteiger partial charge in [0.25, 0.3) is 5.91 Å². The van der Waals surface area contributed by atoms with Crippen LogP contribution in [-0.2, 0) is 6.54 Å². The number of hydrogen-bond acceptors (Lipinski definition) is 5. The largest absolute Gasteiger partial charge is 0.346 e. The van der Waals surface area contributed by atoms with Crippen molar-refractivity contribution in [3.63, 3.8) is 0 Å². The van der Waals surface area contributed by atoms with Gasteiger partial charge < -0.3 is 5.32 Å². The summed E-state index contributed by atoms with van der Waals surface area (Å²) in [6, 6.07) is 5.61. The molecule has 0 fully saturated rings. The maximum absolute atomic E-state index is 11.8. The number of nitrogens with one attached hydrogen (secondary N) is 1. The second kappa shape index (κ2) is 5.33. The average Bonchev–Trinajstić information content (AvgIpc) is 3.14. The summed E-state index contributed by atoms with van der Waals surface area (Å²) in [5.74, 6) is -0.0833. The van der Waals surface area contributed by atoms with E-state index in [1.54, 1.807) is 22.1 Å². The van der Waals surface area contributed by atoms with Crippen molar-refractivity contribution in [1.29, 1.82) is 0 Å². The highest BCUT2D eigenvalue weighted by atomic mass is 32.1. The Balaban J connectivity index is 1.63. The molecule has 0 aliphatic heterocycles. The number of thiophene rings is 2. The van der Waals surface area contributed by atoms with Gasteiger partial charge in [0.1, 0.15) is 5.69 Å². The third kappa shape index (κ3) is 2.72. The quantitative estimate of drug-likeness (QED) is 0.802. The lowest BCUT2D eigenvalue weighted by Gasteiger charge is -1.99. The first-order valence-electron chi connectivity index (χ1n) is 5.58. The first-order chi connectivity index (χ1) is 9.33. The van der Waals surface area contributed by atoms with Crippen LogP contribution in [0.2, 0.25) is 0 Å². The summed E-state index contributed by atoms with van der Waals surface area (Å²) in [7, 11) is 0. The van der Waals surface area contributed by atoms with Crippen molar-refractivity contribution < 1.29 is 4.79 Å². The molecule has 0 aromatic carbocycles. The zero-order chi connectivity index (χ0) is 13.1. The molecule has 3 aromatic heterocycles. The van der Waals surface area contributed by atoms with Gasteiger partial charge in [0, 0.05) is 5.38 Å². The van der Waals surface area contributed by atoms with Gasteiger partial charge in [0.05, 0.1) is 23.3 Å². The van der Waals surface area contributed by atoms with E-state index < -0.39 is 0 Å². The second-order valence-corrected chi connectivity index (χ2v) is 5.52. The first kappa shape index (κ1) is 12.1. The predicted molar refractivity (Wildman–Crippen MR) is 74.7 cm³/mol. The zero-order valence-electron chi connectivity index (χ0n) is 9.81. The van der Waals surface area contributed by atoms with E-state index in [4.69, 9.17) is 0 Å². The minimum Gasteiger partial charge on any atom is -0.346 e. The van der Waals surface area contributed by atoms with Crippen LogP contribution in [0.3, 0.4) is 0 Å². The summed E-state index contributed by atoms with van der Waals surface area (Å²) in [5.41, 5.74) is 1.71. The lowest BCUT2D eigenvalue weighted by Crippen LogP contribution is -2.21. The number of carbonyl (C=O) groups is 1. The molecule has 1 amide bonds. The molecule has 3 rings (SSSR count). The molecule has 0 saturated heterocycles. The van der Waals surface area contributed by atoms with E-state index in [0.29, 0.717) is 11.4 Å². The highest BCUT2D eigenvalue weighted by molar-refractivity contribution is 7.12. The predicted octanol–water partition coefficient (Wildman–Crippen LogP) is 2.32. The molecule has 7 heteroatoms. The van der Waals surface area contributed by atoms with E-state index in [0.717, 1.165) is 11.4 Å². The number of hydrogen-bond donors (Lipinski definition) is 1. The van der Waals surface area contributed by atoms with E-state index in [-0.39, 0.29) is 5.91 Å². The van der Waals surface area contributed by atoms with Gasteiger partial charge in [0.2, 0.25) is 0 Å². The van der Waals surface area contributed by atoms with Crippen LogP contribution >= 0.6 is 22.7 Å². The molecule has 96 valence electrons. The van der Waals surface area contributed by atoms with E-state index in [9.17, 15) is 4.79 Å². The molecule has 1 N–H and O–H groups in total. The topological polar surface area (TPSA) is 59.8 Å². The summed E-state index contributed by atoms with van der Waals surface area (Å²) in [4.78, 5) is 12.5. The first-order valence-corrected chi connectivity index (χ1v) is 7.41. The molecule has 0 aliphatic rings. The van der Waals surface area contributed by atoms with Crippen molar-refractivity contribution in [2.45, 2.75) is 6.54 Å². The molecule has 0 unspecified atom stereocenters. The van der Waals surface area contributed by atoms with Crippen molar-refractivity contribution in [2.75, 3.05) is 0 Å². The third-order valence-electron chi connectivity index (χ3n) is 2.49. The van der Waals surface area contributed by atoms with Gasteiger partial charge in [-0.05, 0) is 22.9 Å². The van der Waals surface area contributed by atoms with Gasteiger partial charge in [-0.15, -0.1) is 16.4 Å². The maximum atomic E-state index is 11.8. The van der Waals surface area contributed by atoms with E-state index in [1.807, 2.05) is 34.5 Å². The average molecular weight is 290 g/mol. The van der Waals surface area contributed by atoms with Gasteiger partial charge in [-0.1, -0.05) is 11.3 Å². The van der Waals surface area contributed by atoms with Crippen LogP contribution in [0.25, 0.3) is 5.69 Å². The van der Waals surface area contributed by atoms with E-state index in [2.05, 4.69) is 15.6 Å². The van der Waals surface area contributed by atoms with Crippen molar-refractivity contribution in [1.82, 2.24) is 20.3 Å². The Hall–Kier alpha value is -1.99. The van der Waals surface area contributed by atoms with Crippen LogP contribution in [0.15, 0.2) is 40.5 Å². The van der Waals surface area contributed by atoms with E-state index in [1.165, 1.54) is 11.3 Å². The molecule has 3 aromatic rings. The number of rotatable bonds is 4. The summed E-state index contributed by atoms with van der Waals surface area (Å²) >= 11 is 3.02. The van der Waals surface area contributed by atoms with Crippen LogP contribution in [0.4, 0.5) is 0 Å². The SMILES string of the molecule is O=C(NCc1cn(-c2ccsc2)nn1)c1cccs1. The summed E-state index contributed by atoms with van der Waals surface area (Å²) < 4.78 is 1.70. The fourth-order valence-corrected chi connectivity index (χ4v) is 2.82. The highest BCUT2D eigenvalue weighted by Crippen LogP contribution is 2.11. The van der Waals surface area contributed by atoms with Crippen LogP contribution < -0.4 is 5.32 Å². The summed E-state index contributed by atoms with van der Waals surface area (Å²) in [6.45, 7) is 0.376. The zero-order valence-corrected chi connectivity index (χ0v) is 11.4. The Labute approximate surface area is 117 Å². The molecular weight excluding hydrogens is 280 g/mol. The van der Waals surface area contributed by atoms with Crippen LogP contribution in [0, 0.1) is 0 Å². The van der Waals surface area contributed by atoms with Gasteiger partial charge in [0.15, 0.2) is 0 Å². The normalized spacial score (nSPS) is 10.5. The Morgan fingerprint density at radius 1 is 1.37 bits per heavy atom. The molecule has 0 spiro atoms. The molecule has 0 bridgehead atoms. The van der Waals surface area contributed by atoms with Crippen molar-refractivity contribution in [3.8, 4) is 5.69 Å². The standard InChI is InChI=1S/C12H10N4OS2/c17-12(11-2-1-4-19-11)13-6-9-7-16(15-14-9)10-3-5-18-8-10/h1-5,7-8H,6H2,(H,13,17). The molecule has 3 heterocycles. The van der Waals surface area contributed by atoms with Crippen molar-refractivity contribution in [2.24, 2.45) is 0 Å². The molecule has 0 radical (unpaired) electrons. The third-order valence-corrected chi connectivity index (χ3v) is 4.03. The molecule has 5 nitrogen and oxygen atoms in total. The number of nitrogens with zero attached hydrogens (tertiary/aromatic N) is 3. The van der Waals surface area contributed by atoms with Crippen LogP contribution in [0.5, 0.6) is 0 Å². The highest BCUT2D eigenvalue weighted by Gasteiger charge is 2.08. The van der Waals surface area contributed by atoms with Gasteiger partial charge in [-0.2, -0.15) is 11.3 Å². The number of aromatic nitrogens is 3. The lowest BCUT2D eigenvalue weighted by atomic mass is 10.4. The maximum Gasteiger partial charge on any atom is 0.261 e. The minimum absolute atomic E-state index is 0.0833. The molecule has 19 heavy (non-hydrogen) atoms. The fourth-order valence-electron chi connectivity index (χ4n) is 1.56. The molecule has 0 aliphatic carbocycles. The molecule has 0 atom stereocenters. The fraction of sp³-hybridized carbons (Fsp3) is 0.0833. The van der Waals surface area contributed by atoms with Crippen molar-refractivity contribution >= 4 is 28.6 Å². The minimum atomic E-state index is -0.0833. The Bertz CT molecular complexity index is 658. The van der Waals surface area contributed by atoms with Crippen molar-refractivity contribution in [3.05, 3.63) is 51.1 Å². The number of amides is 1. The second-order valence-electron chi connectivity index (χ2n) is 3.80.